The fourth-order valence-corrected chi connectivity index (χ4v) is 4.97. The number of aryl methyl sites for hydroxylation is 1. The van der Waals surface area contributed by atoms with Crippen LogP contribution in [-0.4, -0.2) is 32.5 Å². The van der Waals surface area contributed by atoms with Gasteiger partial charge in [-0.1, -0.05) is 32.8 Å². The van der Waals surface area contributed by atoms with E-state index in [2.05, 4.69) is 4.98 Å². The monoisotopic (exact) mass is 371 g/mol. The fraction of sp³-hybridized carbons (Fsp3) is 0.667. The van der Waals surface area contributed by atoms with E-state index in [1.54, 1.807) is 20.0 Å². The number of hydrogen-bond donors (Lipinski definition) is 2. The molecule has 2 atom stereocenters. The molecule has 142 valence electrons. The molecule has 0 aromatic carbocycles. The summed E-state index contributed by atoms with van der Waals surface area (Å²) in [6, 6.07) is 3.90. The van der Waals surface area contributed by atoms with E-state index in [-0.39, 0.29) is 13.0 Å². The Morgan fingerprint density at radius 2 is 2.04 bits per heavy atom. The summed E-state index contributed by atoms with van der Waals surface area (Å²) in [5, 5.41) is -1.74. The number of nitrogens with zero attached hydrogens (tertiary/aromatic N) is 1. The SMILES string of the molecule is CCOC(=O)C(CC)(C(CC)CCCCc1cccnc1)P(=O)(O)O. The van der Waals surface area contributed by atoms with Crippen LogP contribution in [0.3, 0.4) is 0 Å². The number of aromatic nitrogens is 1. The highest BCUT2D eigenvalue weighted by atomic mass is 31.2. The number of ether oxygens (including phenoxy) is 1. The molecule has 2 N–H and O–H groups in total. The summed E-state index contributed by atoms with van der Waals surface area (Å²) in [7, 11) is -4.66. The lowest BCUT2D eigenvalue weighted by atomic mass is 9.82. The Kier molecular flexibility index (Phi) is 8.77. The molecule has 0 amide bonds. The van der Waals surface area contributed by atoms with Gasteiger partial charge in [-0.3, -0.25) is 14.3 Å². The van der Waals surface area contributed by atoms with Crippen LogP contribution < -0.4 is 0 Å². The number of carbonyl (C=O) groups is 1. The largest absolute Gasteiger partial charge is 0.465 e. The summed E-state index contributed by atoms with van der Waals surface area (Å²) >= 11 is 0. The summed E-state index contributed by atoms with van der Waals surface area (Å²) in [4.78, 5) is 36.5. The highest BCUT2D eigenvalue weighted by Gasteiger charge is 2.57. The first-order valence-electron chi connectivity index (χ1n) is 8.95. The molecule has 1 aromatic heterocycles. The quantitative estimate of drug-likeness (QED) is 0.350. The van der Waals surface area contributed by atoms with Gasteiger partial charge in [0.1, 0.15) is 0 Å². The van der Waals surface area contributed by atoms with Crippen LogP contribution in [0.5, 0.6) is 0 Å². The molecule has 0 saturated carbocycles. The first-order valence-corrected chi connectivity index (χ1v) is 10.6. The highest BCUT2D eigenvalue weighted by Crippen LogP contribution is 2.59. The van der Waals surface area contributed by atoms with Crippen molar-refractivity contribution in [2.75, 3.05) is 6.61 Å². The number of carbonyl (C=O) groups excluding carboxylic acids is 1. The molecule has 1 rings (SSSR count). The van der Waals surface area contributed by atoms with Gasteiger partial charge < -0.3 is 14.5 Å². The second-order valence-corrected chi connectivity index (χ2v) is 8.14. The summed E-state index contributed by atoms with van der Waals surface area (Å²) in [6.45, 7) is 5.27. The molecular weight excluding hydrogens is 341 g/mol. The average molecular weight is 371 g/mol. The van der Waals surface area contributed by atoms with Crippen molar-refractivity contribution in [1.82, 2.24) is 4.98 Å². The molecule has 0 radical (unpaired) electrons. The average Bonchev–Trinajstić information content (AvgIpc) is 2.57. The molecular formula is C18H30NO5P. The van der Waals surface area contributed by atoms with Crippen molar-refractivity contribution in [3.05, 3.63) is 30.1 Å². The number of esters is 1. The van der Waals surface area contributed by atoms with Crippen LogP contribution in [0.25, 0.3) is 0 Å². The molecule has 6 nitrogen and oxygen atoms in total. The number of rotatable bonds is 11. The minimum absolute atomic E-state index is 0.0667. The Morgan fingerprint density at radius 1 is 1.32 bits per heavy atom. The van der Waals surface area contributed by atoms with Gasteiger partial charge in [0.2, 0.25) is 0 Å². The van der Waals surface area contributed by atoms with Crippen molar-refractivity contribution in [2.24, 2.45) is 5.92 Å². The lowest BCUT2D eigenvalue weighted by molar-refractivity contribution is -0.149. The van der Waals surface area contributed by atoms with Crippen molar-refractivity contribution in [3.8, 4) is 0 Å². The van der Waals surface area contributed by atoms with E-state index >= 15 is 0 Å². The van der Waals surface area contributed by atoms with Crippen LogP contribution in [0, 0.1) is 5.92 Å². The van der Waals surface area contributed by atoms with Gasteiger partial charge >= 0.3 is 13.6 Å². The third-order valence-corrected chi connectivity index (χ3v) is 6.75. The topological polar surface area (TPSA) is 96.7 Å². The zero-order chi connectivity index (χ0) is 18.9. The van der Waals surface area contributed by atoms with E-state index in [0.29, 0.717) is 12.8 Å². The van der Waals surface area contributed by atoms with Gasteiger partial charge in [-0.25, -0.2) is 0 Å². The smallest absolute Gasteiger partial charge is 0.343 e. The Morgan fingerprint density at radius 3 is 2.52 bits per heavy atom. The van der Waals surface area contributed by atoms with Gasteiger partial charge in [-0.15, -0.1) is 0 Å². The second-order valence-electron chi connectivity index (χ2n) is 6.25. The molecule has 0 spiro atoms. The zero-order valence-electron chi connectivity index (χ0n) is 15.4. The van der Waals surface area contributed by atoms with Crippen molar-refractivity contribution in [3.63, 3.8) is 0 Å². The molecule has 0 fully saturated rings. The van der Waals surface area contributed by atoms with Gasteiger partial charge in [-0.2, -0.15) is 0 Å². The van der Waals surface area contributed by atoms with E-state index in [4.69, 9.17) is 4.74 Å². The van der Waals surface area contributed by atoms with Crippen LogP contribution in [0.4, 0.5) is 0 Å². The molecule has 25 heavy (non-hydrogen) atoms. The molecule has 0 saturated heterocycles. The van der Waals surface area contributed by atoms with Gasteiger partial charge in [0.25, 0.3) is 0 Å². The van der Waals surface area contributed by atoms with Gasteiger partial charge in [0.05, 0.1) is 6.61 Å². The van der Waals surface area contributed by atoms with Crippen LogP contribution in [0.2, 0.25) is 0 Å². The maximum atomic E-state index is 12.5. The Labute approximate surface area is 150 Å². The molecule has 1 heterocycles. The van der Waals surface area contributed by atoms with Crippen LogP contribution in [-0.2, 0) is 20.5 Å². The predicted octanol–water partition coefficient (Wildman–Crippen LogP) is 3.71. The maximum absolute atomic E-state index is 12.5. The van der Waals surface area contributed by atoms with E-state index in [1.807, 2.05) is 25.3 Å². The molecule has 1 aromatic rings. The number of hydrogen-bond acceptors (Lipinski definition) is 4. The highest BCUT2D eigenvalue weighted by molar-refractivity contribution is 7.54. The van der Waals surface area contributed by atoms with Gasteiger partial charge in [-0.05, 0) is 50.2 Å². The summed E-state index contributed by atoms with van der Waals surface area (Å²) < 4.78 is 17.3. The predicted molar refractivity (Wildman–Crippen MR) is 97.3 cm³/mol. The lowest BCUT2D eigenvalue weighted by Gasteiger charge is -2.37. The molecule has 0 aliphatic rings. The summed E-state index contributed by atoms with van der Waals surface area (Å²) in [6.07, 6.45) is 7.24. The first kappa shape index (κ1) is 21.8. The lowest BCUT2D eigenvalue weighted by Crippen LogP contribution is -2.46. The summed E-state index contributed by atoms with van der Waals surface area (Å²) in [5.74, 6) is -1.18. The van der Waals surface area contributed by atoms with Crippen molar-refractivity contribution < 1.29 is 23.9 Å². The standard InChI is InChI=1S/C18H30NO5P/c1-4-16(12-8-7-10-15-11-9-13-19-14-15)18(5-2,25(21,22)23)17(20)24-6-3/h9,11,13-14,16H,4-8,10,12H2,1-3H3,(H2,21,22,23). The minimum Gasteiger partial charge on any atom is -0.465 e. The molecule has 2 unspecified atom stereocenters. The van der Waals surface area contributed by atoms with E-state index in [9.17, 15) is 19.1 Å². The summed E-state index contributed by atoms with van der Waals surface area (Å²) in [5.41, 5.74) is 1.14. The molecule has 0 bridgehead atoms. The minimum atomic E-state index is -4.66. The van der Waals surface area contributed by atoms with E-state index < -0.39 is 24.6 Å². The Balaban J connectivity index is 2.83. The third kappa shape index (κ3) is 5.37. The maximum Gasteiger partial charge on any atom is 0.343 e. The normalized spacial score (nSPS) is 15.4. The first-order chi connectivity index (χ1) is 11.8. The number of pyridine rings is 1. The fourth-order valence-electron chi connectivity index (χ4n) is 3.46. The van der Waals surface area contributed by atoms with Crippen LogP contribution in [0.1, 0.15) is 58.4 Å². The van der Waals surface area contributed by atoms with E-state index in [1.165, 1.54) is 0 Å². The molecule has 0 aliphatic carbocycles. The van der Waals surface area contributed by atoms with E-state index in [0.717, 1.165) is 24.8 Å². The number of unbranched alkanes of at least 4 members (excludes halogenated alkanes) is 1. The van der Waals surface area contributed by atoms with Crippen LogP contribution in [0.15, 0.2) is 24.5 Å². The third-order valence-electron chi connectivity index (χ3n) is 4.85. The van der Waals surface area contributed by atoms with Crippen molar-refractivity contribution in [2.45, 2.75) is 64.5 Å². The Bertz CT molecular complexity index is 574. The van der Waals surface area contributed by atoms with Crippen LogP contribution >= 0.6 is 7.60 Å². The van der Waals surface area contributed by atoms with Crippen molar-refractivity contribution in [1.29, 1.82) is 0 Å². The zero-order valence-corrected chi connectivity index (χ0v) is 16.2. The molecule has 0 aliphatic heterocycles. The second kappa shape index (κ2) is 10.0. The van der Waals surface area contributed by atoms with Gasteiger partial charge in [0.15, 0.2) is 5.16 Å². The van der Waals surface area contributed by atoms with Crippen molar-refractivity contribution >= 4 is 13.6 Å². The Hall–Kier alpha value is -1.23. The molecule has 7 heteroatoms. The van der Waals surface area contributed by atoms with Gasteiger partial charge in [0, 0.05) is 12.4 Å².